The molecule has 0 aliphatic carbocycles. The molecule has 2 heterocycles. The molecular weight excluding hydrogens is 380 g/mol. The lowest BCUT2D eigenvalue weighted by Gasteiger charge is -2.14. The molecule has 0 amide bonds. The lowest BCUT2D eigenvalue weighted by molar-refractivity contribution is 0.0527. The van der Waals surface area contributed by atoms with E-state index in [0.717, 1.165) is 5.69 Å². The van der Waals surface area contributed by atoms with E-state index < -0.39 is 11.8 Å². The Morgan fingerprint density at radius 1 is 1.31 bits per heavy atom. The van der Waals surface area contributed by atoms with Crippen LogP contribution in [0.1, 0.15) is 23.0 Å². The van der Waals surface area contributed by atoms with Gasteiger partial charge < -0.3 is 10.1 Å². The largest absolute Gasteiger partial charge is 0.462 e. The van der Waals surface area contributed by atoms with Gasteiger partial charge in [-0.15, -0.1) is 12.4 Å². The SMILES string of the molecule is CCOC(=O)c1cnc2nc(C)ccc2c1Nc1ccc(Cl)c(F)c1.Cl. The summed E-state index contributed by atoms with van der Waals surface area (Å²) in [6.45, 7) is 3.80. The molecule has 3 aromatic rings. The zero-order chi connectivity index (χ0) is 18.0. The summed E-state index contributed by atoms with van der Waals surface area (Å²) in [6.07, 6.45) is 1.40. The number of nitrogens with zero attached hydrogens (tertiary/aromatic N) is 2. The van der Waals surface area contributed by atoms with Gasteiger partial charge in [0.15, 0.2) is 5.65 Å². The quantitative estimate of drug-likeness (QED) is 0.624. The highest BCUT2D eigenvalue weighted by molar-refractivity contribution is 6.30. The van der Waals surface area contributed by atoms with Crippen LogP contribution in [-0.4, -0.2) is 22.5 Å². The molecule has 0 saturated carbocycles. The normalized spacial score (nSPS) is 10.3. The van der Waals surface area contributed by atoms with E-state index in [0.29, 0.717) is 22.4 Å². The predicted octanol–water partition coefficient (Wildman–Crippen LogP) is 5.07. The molecule has 0 unspecified atom stereocenters. The van der Waals surface area contributed by atoms with Crippen molar-refractivity contribution in [1.29, 1.82) is 0 Å². The van der Waals surface area contributed by atoms with Crippen LogP contribution in [0.5, 0.6) is 0 Å². The Kier molecular flexibility index (Phi) is 6.34. The molecule has 1 aromatic carbocycles. The van der Waals surface area contributed by atoms with Gasteiger partial charge in [0, 0.05) is 23.0 Å². The highest BCUT2D eigenvalue weighted by Gasteiger charge is 2.18. The first-order valence-corrected chi connectivity index (χ1v) is 8.03. The minimum absolute atomic E-state index is 0. The number of hydrogen-bond acceptors (Lipinski definition) is 5. The summed E-state index contributed by atoms with van der Waals surface area (Å²) in [5.41, 5.74) is 2.42. The summed E-state index contributed by atoms with van der Waals surface area (Å²) < 4.78 is 18.8. The lowest BCUT2D eigenvalue weighted by Crippen LogP contribution is -2.09. The van der Waals surface area contributed by atoms with Crippen molar-refractivity contribution < 1.29 is 13.9 Å². The van der Waals surface area contributed by atoms with Crippen LogP contribution in [0.25, 0.3) is 11.0 Å². The molecule has 26 heavy (non-hydrogen) atoms. The van der Waals surface area contributed by atoms with E-state index in [-0.39, 0.29) is 29.6 Å². The van der Waals surface area contributed by atoms with Gasteiger partial charge in [0.1, 0.15) is 11.4 Å². The number of nitrogens with one attached hydrogen (secondary N) is 1. The number of carbonyl (C=O) groups is 1. The van der Waals surface area contributed by atoms with Crippen molar-refractivity contribution in [3.05, 3.63) is 58.6 Å². The molecule has 136 valence electrons. The Bertz CT molecular complexity index is 967. The Morgan fingerprint density at radius 2 is 2.08 bits per heavy atom. The fourth-order valence-corrected chi connectivity index (χ4v) is 2.51. The van der Waals surface area contributed by atoms with Gasteiger partial charge in [0.25, 0.3) is 0 Å². The van der Waals surface area contributed by atoms with Crippen LogP contribution in [0.15, 0.2) is 36.5 Å². The zero-order valence-corrected chi connectivity index (χ0v) is 15.6. The average Bonchev–Trinajstić information content (AvgIpc) is 2.58. The molecule has 0 aliphatic rings. The first-order valence-electron chi connectivity index (χ1n) is 7.65. The minimum Gasteiger partial charge on any atom is -0.462 e. The van der Waals surface area contributed by atoms with Crippen LogP contribution in [0.4, 0.5) is 15.8 Å². The van der Waals surface area contributed by atoms with Gasteiger partial charge >= 0.3 is 5.97 Å². The van der Waals surface area contributed by atoms with Gasteiger partial charge in [-0.2, -0.15) is 0 Å². The standard InChI is InChI=1S/C18H15ClFN3O2.ClH/c1-3-25-18(24)13-9-21-17-12(6-4-10(2)22-17)16(13)23-11-5-7-14(19)15(20)8-11;/h4-9H,3H2,1-2H3,(H,21,22,23);1H. The Morgan fingerprint density at radius 3 is 2.77 bits per heavy atom. The second kappa shape index (κ2) is 8.29. The van der Waals surface area contributed by atoms with E-state index in [1.165, 1.54) is 18.3 Å². The summed E-state index contributed by atoms with van der Waals surface area (Å²) in [7, 11) is 0. The molecule has 5 nitrogen and oxygen atoms in total. The first-order chi connectivity index (χ1) is 12.0. The number of halogens is 3. The average molecular weight is 396 g/mol. The number of pyridine rings is 2. The van der Waals surface area contributed by atoms with E-state index >= 15 is 0 Å². The van der Waals surface area contributed by atoms with E-state index in [9.17, 15) is 9.18 Å². The number of esters is 1. The van der Waals surface area contributed by atoms with Crippen LogP contribution in [0.2, 0.25) is 5.02 Å². The van der Waals surface area contributed by atoms with Gasteiger partial charge in [-0.05, 0) is 44.2 Å². The van der Waals surface area contributed by atoms with Crippen molar-refractivity contribution in [3.63, 3.8) is 0 Å². The molecule has 0 saturated heterocycles. The number of aromatic nitrogens is 2. The van der Waals surface area contributed by atoms with Crippen LogP contribution in [-0.2, 0) is 4.74 Å². The van der Waals surface area contributed by atoms with Gasteiger partial charge in [0.2, 0.25) is 0 Å². The maximum atomic E-state index is 13.7. The molecule has 0 radical (unpaired) electrons. The minimum atomic E-state index is -0.559. The maximum absolute atomic E-state index is 13.7. The second-order valence-electron chi connectivity index (χ2n) is 5.35. The summed E-state index contributed by atoms with van der Waals surface area (Å²) in [5.74, 6) is -1.08. The van der Waals surface area contributed by atoms with Crippen molar-refractivity contribution >= 4 is 52.4 Å². The smallest absolute Gasteiger partial charge is 0.341 e. The fraction of sp³-hybridized carbons (Fsp3) is 0.167. The molecule has 8 heteroatoms. The molecule has 1 N–H and O–H groups in total. The van der Waals surface area contributed by atoms with Gasteiger partial charge in [-0.1, -0.05) is 11.6 Å². The molecular formula is C18H16Cl2FN3O2. The predicted molar refractivity (Wildman–Crippen MR) is 102 cm³/mol. The number of carbonyl (C=O) groups excluding carboxylic acids is 1. The van der Waals surface area contributed by atoms with Gasteiger partial charge in [-0.3, -0.25) is 0 Å². The van der Waals surface area contributed by atoms with E-state index in [1.807, 2.05) is 19.1 Å². The van der Waals surface area contributed by atoms with Crippen molar-refractivity contribution in [3.8, 4) is 0 Å². The number of aryl methyl sites for hydroxylation is 1. The number of hydrogen-bond donors (Lipinski definition) is 1. The van der Waals surface area contributed by atoms with Crippen LogP contribution >= 0.6 is 24.0 Å². The maximum Gasteiger partial charge on any atom is 0.341 e. The van der Waals surface area contributed by atoms with Crippen molar-refractivity contribution in [2.75, 3.05) is 11.9 Å². The number of anilines is 2. The summed E-state index contributed by atoms with van der Waals surface area (Å²) >= 11 is 5.72. The molecule has 3 rings (SSSR count). The Balaban J connectivity index is 0.00000243. The topological polar surface area (TPSA) is 64.1 Å². The monoisotopic (exact) mass is 395 g/mol. The zero-order valence-electron chi connectivity index (χ0n) is 14.0. The molecule has 0 aliphatic heterocycles. The Hall–Kier alpha value is -2.44. The van der Waals surface area contributed by atoms with Crippen molar-refractivity contribution in [1.82, 2.24) is 9.97 Å². The lowest BCUT2D eigenvalue weighted by atomic mass is 10.1. The highest BCUT2D eigenvalue weighted by atomic mass is 35.5. The van der Waals surface area contributed by atoms with Gasteiger partial charge in [-0.25, -0.2) is 19.2 Å². The fourth-order valence-electron chi connectivity index (χ4n) is 2.39. The van der Waals surface area contributed by atoms with Crippen molar-refractivity contribution in [2.45, 2.75) is 13.8 Å². The third kappa shape index (κ3) is 4.03. The second-order valence-corrected chi connectivity index (χ2v) is 5.75. The summed E-state index contributed by atoms with van der Waals surface area (Å²) in [5, 5.41) is 3.72. The third-order valence-electron chi connectivity index (χ3n) is 3.55. The number of rotatable bonds is 4. The molecule has 0 fully saturated rings. The van der Waals surface area contributed by atoms with Gasteiger partial charge in [0.05, 0.1) is 17.3 Å². The molecule has 0 atom stereocenters. The third-order valence-corrected chi connectivity index (χ3v) is 3.86. The molecule has 0 spiro atoms. The summed E-state index contributed by atoms with van der Waals surface area (Å²) in [6, 6.07) is 7.93. The summed E-state index contributed by atoms with van der Waals surface area (Å²) in [4.78, 5) is 20.9. The van der Waals surface area contributed by atoms with Crippen LogP contribution < -0.4 is 5.32 Å². The van der Waals surface area contributed by atoms with Crippen molar-refractivity contribution in [2.24, 2.45) is 0 Å². The van der Waals surface area contributed by atoms with E-state index in [4.69, 9.17) is 16.3 Å². The Labute approximate surface area is 161 Å². The van der Waals surface area contributed by atoms with Crippen LogP contribution in [0, 0.1) is 12.7 Å². The first kappa shape index (κ1) is 19.9. The van der Waals surface area contributed by atoms with E-state index in [2.05, 4.69) is 15.3 Å². The van der Waals surface area contributed by atoms with Crippen LogP contribution in [0.3, 0.4) is 0 Å². The van der Waals surface area contributed by atoms with E-state index in [1.54, 1.807) is 13.0 Å². The molecule has 0 bridgehead atoms. The number of ether oxygens (including phenoxy) is 1. The number of benzene rings is 1. The number of fused-ring (bicyclic) bond motifs is 1. The molecule has 2 aromatic heterocycles. The highest BCUT2D eigenvalue weighted by Crippen LogP contribution is 2.30.